The Kier molecular flexibility index (Phi) is 4.68. The average molecular weight is 139 g/mol. The molecule has 0 saturated heterocycles. The van der Waals surface area contributed by atoms with Crippen LogP contribution in [0, 0.1) is 0 Å². The van der Waals surface area contributed by atoms with E-state index in [-0.39, 0.29) is 0 Å². The van der Waals surface area contributed by atoms with Crippen LogP contribution in [0.4, 0.5) is 0 Å². The lowest BCUT2D eigenvalue weighted by Crippen LogP contribution is -1.66. The summed E-state index contributed by atoms with van der Waals surface area (Å²) in [6.45, 7) is 1.99. The highest BCUT2D eigenvalue weighted by Crippen LogP contribution is 2.04. The van der Waals surface area contributed by atoms with Crippen molar-refractivity contribution in [1.29, 1.82) is 0 Å². The van der Waals surface area contributed by atoms with E-state index in [4.69, 9.17) is 23.2 Å². The number of hydrogen-bond donors (Lipinski definition) is 0. The molecule has 0 atom stereocenters. The van der Waals surface area contributed by atoms with E-state index in [1.54, 1.807) is 6.08 Å². The van der Waals surface area contributed by atoms with E-state index in [0.29, 0.717) is 5.88 Å². The molecule has 0 rings (SSSR count). The lowest BCUT2D eigenvalue weighted by molar-refractivity contribution is 1.19. The minimum absolute atomic E-state index is 0.521. The summed E-state index contributed by atoms with van der Waals surface area (Å²) >= 11 is 10.9. The van der Waals surface area contributed by atoms with Crippen molar-refractivity contribution in [3.63, 3.8) is 0 Å². The Labute approximate surface area is 54.1 Å². The van der Waals surface area contributed by atoms with Gasteiger partial charge in [0, 0.05) is 10.9 Å². The summed E-state index contributed by atoms with van der Waals surface area (Å²) < 4.78 is 0. The van der Waals surface area contributed by atoms with Gasteiger partial charge in [0.1, 0.15) is 0 Å². The van der Waals surface area contributed by atoms with Gasteiger partial charge in [0.05, 0.1) is 0 Å². The second-order valence-corrected chi connectivity index (χ2v) is 1.95. The number of allylic oxidation sites excluding steroid dienone is 2. The van der Waals surface area contributed by atoms with Crippen molar-refractivity contribution in [2.45, 2.75) is 13.3 Å². The normalized spacial score (nSPS) is 12.1. The highest BCUT2D eigenvalue weighted by atomic mass is 35.5. The zero-order valence-corrected chi connectivity index (χ0v) is 5.76. The Morgan fingerprint density at radius 3 is 2.43 bits per heavy atom. The van der Waals surface area contributed by atoms with E-state index in [1.165, 1.54) is 0 Å². The van der Waals surface area contributed by atoms with Gasteiger partial charge < -0.3 is 0 Å². The fourth-order valence-corrected chi connectivity index (χ4v) is 0.570. The van der Waals surface area contributed by atoms with Gasteiger partial charge in [-0.15, -0.1) is 11.6 Å². The Hall–Kier alpha value is 0.320. The maximum Gasteiger partial charge on any atom is 0.0418 e. The Morgan fingerprint density at radius 2 is 2.29 bits per heavy atom. The van der Waals surface area contributed by atoms with Crippen molar-refractivity contribution in [2.75, 3.05) is 5.88 Å². The summed E-state index contributed by atoms with van der Waals surface area (Å²) in [6, 6.07) is 0. The van der Waals surface area contributed by atoms with E-state index in [2.05, 4.69) is 0 Å². The minimum Gasteiger partial charge on any atom is -0.122 e. The zero-order valence-electron chi connectivity index (χ0n) is 4.25. The summed E-state index contributed by atoms with van der Waals surface area (Å²) in [6.07, 6.45) is 2.68. The third-order valence-electron chi connectivity index (χ3n) is 0.636. The van der Waals surface area contributed by atoms with Gasteiger partial charge in [-0.05, 0) is 6.42 Å². The largest absolute Gasteiger partial charge is 0.122 e. The van der Waals surface area contributed by atoms with Crippen LogP contribution in [0.1, 0.15) is 13.3 Å². The zero-order chi connectivity index (χ0) is 5.70. The van der Waals surface area contributed by atoms with Gasteiger partial charge in [-0.1, -0.05) is 24.6 Å². The Balaban J connectivity index is 3.29. The Morgan fingerprint density at radius 1 is 1.71 bits per heavy atom. The fourth-order valence-electron chi connectivity index (χ4n) is 0.228. The van der Waals surface area contributed by atoms with E-state index in [1.807, 2.05) is 6.92 Å². The molecule has 0 N–H and O–H groups in total. The lowest BCUT2D eigenvalue weighted by Gasteiger charge is -1.84. The minimum atomic E-state index is 0.521. The van der Waals surface area contributed by atoms with Crippen molar-refractivity contribution < 1.29 is 0 Å². The molecule has 0 saturated carbocycles. The fraction of sp³-hybridized carbons (Fsp3) is 0.600. The summed E-state index contributed by atoms with van der Waals surface area (Å²) in [4.78, 5) is 0. The predicted octanol–water partition coefficient (Wildman–Crippen LogP) is 2.76. The molecule has 0 spiro atoms. The average Bonchev–Trinajstić information content (AvgIpc) is 1.68. The first-order chi connectivity index (χ1) is 3.31. The molecule has 0 nitrogen and oxygen atoms in total. The molecule has 0 unspecified atom stereocenters. The monoisotopic (exact) mass is 138 g/mol. The van der Waals surface area contributed by atoms with Crippen LogP contribution >= 0.6 is 23.2 Å². The van der Waals surface area contributed by atoms with E-state index in [0.717, 1.165) is 11.5 Å². The second-order valence-electron chi connectivity index (χ2n) is 1.16. The highest BCUT2D eigenvalue weighted by Gasteiger charge is 1.80. The molecule has 0 aromatic carbocycles. The third-order valence-corrected chi connectivity index (χ3v) is 1.21. The molecule has 0 aliphatic rings. The van der Waals surface area contributed by atoms with Crippen LogP contribution < -0.4 is 0 Å². The molecule has 0 radical (unpaired) electrons. The summed E-state index contributed by atoms with van der Waals surface area (Å²) in [5, 5.41) is 0.843. The van der Waals surface area contributed by atoms with Gasteiger partial charge in [0.25, 0.3) is 0 Å². The van der Waals surface area contributed by atoms with Crippen LogP contribution in [0.3, 0.4) is 0 Å². The van der Waals surface area contributed by atoms with Gasteiger partial charge in [0.15, 0.2) is 0 Å². The lowest BCUT2D eigenvalue weighted by atomic mass is 10.4. The molecule has 0 bridgehead atoms. The molecule has 7 heavy (non-hydrogen) atoms. The first kappa shape index (κ1) is 7.32. The highest BCUT2D eigenvalue weighted by molar-refractivity contribution is 6.30. The standard InChI is InChI=1S/C5H8Cl2/c1-2-5(7)3-4-6/h3H,2,4H2,1H3/b5-3+. The third kappa shape index (κ3) is 4.17. The van der Waals surface area contributed by atoms with Gasteiger partial charge in [-0.25, -0.2) is 0 Å². The van der Waals surface area contributed by atoms with Crippen molar-refractivity contribution in [3.8, 4) is 0 Å². The molecular formula is C5H8Cl2. The van der Waals surface area contributed by atoms with Gasteiger partial charge in [-0.2, -0.15) is 0 Å². The van der Waals surface area contributed by atoms with Crippen LogP contribution in [0.2, 0.25) is 0 Å². The van der Waals surface area contributed by atoms with Gasteiger partial charge in [-0.3, -0.25) is 0 Å². The van der Waals surface area contributed by atoms with Gasteiger partial charge in [0.2, 0.25) is 0 Å². The van der Waals surface area contributed by atoms with E-state index < -0.39 is 0 Å². The summed E-state index contributed by atoms with van der Waals surface area (Å²) in [5.41, 5.74) is 0. The molecule has 0 fully saturated rings. The molecule has 0 amide bonds. The number of hydrogen-bond acceptors (Lipinski definition) is 0. The first-order valence-electron chi connectivity index (χ1n) is 2.21. The SMILES string of the molecule is CC/C(Cl)=C\CCl. The van der Waals surface area contributed by atoms with Crippen molar-refractivity contribution in [2.24, 2.45) is 0 Å². The number of rotatable bonds is 2. The predicted molar refractivity (Wildman–Crippen MR) is 34.9 cm³/mol. The van der Waals surface area contributed by atoms with Crippen molar-refractivity contribution >= 4 is 23.2 Å². The van der Waals surface area contributed by atoms with Crippen LogP contribution in [0.5, 0.6) is 0 Å². The molecule has 0 heterocycles. The van der Waals surface area contributed by atoms with Crippen molar-refractivity contribution in [1.82, 2.24) is 0 Å². The number of alkyl halides is 1. The van der Waals surface area contributed by atoms with Crippen LogP contribution in [0.15, 0.2) is 11.1 Å². The smallest absolute Gasteiger partial charge is 0.0418 e. The van der Waals surface area contributed by atoms with E-state index >= 15 is 0 Å². The second kappa shape index (κ2) is 4.48. The van der Waals surface area contributed by atoms with Crippen LogP contribution in [0.25, 0.3) is 0 Å². The van der Waals surface area contributed by atoms with E-state index in [9.17, 15) is 0 Å². The quantitative estimate of drug-likeness (QED) is 0.516. The number of halogens is 2. The molecule has 42 valence electrons. The maximum atomic E-state index is 5.54. The topological polar surface area (TPSA) is 0 Å². The summed E-state index contributed by atoms with van der Waals surface area (Å²) in [7, 11) is 0. The maximum absolute atomic E-state index is 5.54. The molecule has 0 aliphatic heterocycles. The molecule has 0 aliphatic carbocycles. The van der Waals surface area contributed by atoms with Crippen molar-refractivity contribution in [3.05, 3.63) is 11.1 Å². The molecule has 0 aromatic rings. The molecule has 0 aromatic heterocycles. The van der Waals surface area contributed by atoms with Crippen LogP contribution in [-0.4, -0.2) is 5.88 Å². The van der Waals surface area contributed by atoms with Gasteiger partial charge >= 0.3 is 0 Å². The Bertz CT molecular complexity index is 66.5. The molecular weight excluding hydrogens is 131 g/mol. The summed E-state index contributed by atoms with van der Waals surface area (Å²) in [5.74, 6) is 0.521. The first-order valence-corrected chi connectivity index (χ1v) is 3.13. The molecule has 2 heteroatoms. The van der Waals surface area contributed by atoms with Crippen LogP contribution in [-0.2, 0) is 0 Å².